The molecule has 0 aromatic carbocycles. The van der Waals surface area contributed by atoms with E-state index in [4.69, 9.17) is 0 Å². The van der Waals surface area contributed by atoms with Gasteiger partial charge < -0.3 is 29.6 Å². The van der Waals surface area contributed by atoms with Crippen molar-refractivity contribution in [2.45, 2.75) is 12.4 Å². The summed E-state index contributed by atoms with van der Waals surface area (Å²) in [7, 11) is 0. The maximum atomic E-state index is 13.5. The molecule has 0 spiro atoms. The van der Waals surface area contributed by atoms with E-state index in [9.17, 15) is 26.3 Å². The van der Waals surface area contributed by atoms with Crippen molar-refractivity contribution in [2.75, 3.05) is 22.9 Å². The summed E-state index contributed by atoms with van der Waals surface area (Å²) in [4.78, 5) is 11.6. The zero-order valence-electron chi connectivity index (χ0n) is 16.5. The zero-order chi connectivity index (χ0) is 22.9. The van der Waals surface area contributed by atoms with Crippen LogP contribution in [-0.4, -0.2) is 45.2 Å². The third-order valence-electron chi connectivity index (χ3n) is 4.60. The summed E-state index contributed by atoms with van der Waals surface area (Å²) in [6.45, 7) is 1.61. The molecule has 0 radical (unpaired) electrons. The van der Waals surface area contributed by atoms with Gasteiger partial charge >= 0.3 is 33.4 Å². The first-order valence-corrected chi connectivity index (χ1v) is 9.14. The van der Waals surface area contributed by atoms with Crippen LogP contribution in [0.5, 0.6) is 0 Å². The molecule has 2 aromatic rings. The molecule has 176 valence electrons. The molecule has 0 unspecified atom stereocenters. The molecule has 0 fully saturated rings. The Morgan fingerprint density at radius 2 is 1.12 bits per heavy atom. The van der Waals surface area contributed by atoms with Gasteiger partial charge in [0.1, 0.15) is 11.4 Å². The molecule has 0 bridgehead atoms. The monoisotopic (exact) mass is 647 g/mol. The third kappa shape index (κ3) is 5.60. The minimum absolute atomic E-state index is 0. The third-order valence-corrected chi connectivity index (χ3v) is 4.60. The SMILES string of the molecule is FC(F)(F)C1=CN(c2[c-]cncc2)[CH-]N1CCN1[CH-]N(c2[c-]cncc2)C=C1C(F)(F)F.[Pt+4]. The number of anilines is 2. The summed E-state index contributed by atoms with van der Waals surface area (Å²) in [5, 5.41) is 0. The Labute approximate surface area is 200 Å². The second-order valence-corrected chi connectivity index (χ2v) is 6.70. The predicted octanol–water partition coefficient (Wildman–Crippen LogP) is 4.06. The summed E-state index contributed by atoms with van der Waals surface area (Å²) in [5.41, 5.74) is -1.38. The van der Waals surface area contributed by atoms with Gasteiger partial charge in [0.15, 0.2) is 0 Å². The van der Waals surface area contributed by atoms with Crippen LogP contribution in [0.15, 0.2) is 60.7 Å². The summed E-state index contributed by atoms with van der Waals surface area (Å²) < 4.78 is 81.2. The molecule has 0 aliphatic carbocycles. The van der Waals surface area contributed by atoms with Gasteiger partial charge in [-0.15, -0.1) is 0 Å². The van der Waals surface area contributed by atoms with E-state index < -0.39 is 23.7 Å². The number of rotatable bonds is 5. The van der Waals surface area contributed by atoms with Crippen LogP contribution in [0, 0.1) is 25.5 Å². The standard InChI is InChI=1S/C20H14F6N6.Pt/c21-19(22,23)17-11-31(15-1-5-27-6-2-15)13-29(17)9-10-30-14-32(12-18(30)20(24,25)26)16-3-7-28-8-4-16;/h1,3,5-8,11-14H,9-10H2;/q-4;+4. The molecular formula is C20H14F6N6Pt. The second kappa shape index (κ2) is 9.62. The van der Waals surface area contributed by atoms with Gasteiger partial charge in [-0.3, -0.25) is 0 Å². The molecule has 0 saturated carbocycles. The van der Waals surface area contributed by atoms with Crippen molar-refractivity contribution in [1.29, 1.82) is 0 Å². The quantitative estimate of drug-likeness (QED) is 0.361. The normalized spacial score (nSPS) is 16.7. The van der Waals surface area contributed by atoms with Crippen LogP contribution in [0.4, 0.5) is 37.7 Å². The first-order valence-electron chi connectivity index (χ1n) is 9.14. The summed E-state index contributed by atoms with van der Waals surface area (Å²) in [6, 6.07) is 8.34. The van der Waals surface area contributed by atoms with Crippen LogP contribution >= 0.6 is 0 Å². The van der Waals surface area contributed by atoms with Gasteiger partial charge in [0.2, 0.25) is 0 Å². The van der Waals surface area contributed by atoms with E-state index in [1.165, 1.54) is 46.7 Å². The Balaban J connectivity index is 0.00000306. The van der Waals surface area contributed by atoms with Crippen molar-refractivity contribution in [2.24, 2.45) is 0 Å². The van der Waals surface area contributed by atoms with E-state index >= 15 is 0 Å². The van der Waals surface area contributed by atoms with Crippen LogP contribution in [-0.2, 0) is 21.1 Å². The largest absolute Gasteiger partial charge is 4.00 e. The molecule has 4 heterocycles. The van der Waals surface area contributed by atoms with E-state index in [0.29, 0.717) is 11.4 Å². The van der Waals surface area contributed by atoms with Crippen molar-refractivity contribution in [3.63, 3.8) is 0 Å². The predicted molar refractivity (Wildman–Crippen MR) is 101 cm³/mol. The van der Waals surface area contributed by atoms with Crippen molar-refractivity contribution >= 4 is 11.4 Å². The van der Waals surface area contributed by atoms with Gasteiger partial charge in [0, 0.05) is 13.1 Å². The van der Waals surface area contributed by atoms with Crippen LogP contribution in [0.2, 0.25) is 0 Å². The van der Waals surface area contributed by atoms with E-state index in [1.54, 1.807) is 0 Å². The number of hydrogen-bond donors (Lipinski definition) is 0. The van der Waals surface area contributed by atoms with E-state index in [2.05, 4.69) is 22.1 Å². The molecule has 0 atom stereocenters. The molecular weight excluding hydrogens is 633 g/mol. The van der Waals surface area contributed by atoms with Gasteiger partial charge in [-0.05, 0) is 12.4 Å². The summed E-state index contributed by atoms with van der Waals surface area (Å²) >= 11 is 0. The first kappa shape index (κ1) is 24.9. The maximum Gasteiger partial charge on any atom is 4.00 e. The van der Waals surface area contributed by atoms with E-state index in [0.717, 1.165) is 35.5 Å². The fraction of sp³-hybridized carbons (Fsp3) is 0.200. The number of hydrogen-bond acceptors (Lipinski definition) is 6. The molecule has 2 aliphatic heterocycles. The van der Waals surface area contributed by atoms with Gasteiger partial charge in [-0.1, -0.05) is 24.8 Å². The van der Waals surface area contributed by atoms with Gasteiger partial charge in [0.25, 0.3) is 0 Å². The fourth-order valence-corrected chi connectivity index (χ4v) is 3.15. The van der Waals surface area contributed by atoms with Crippen LogP contribution in [0.25, 0.3) is 0 Å². The molecule has 2 aliphatic rings. The minimum atomic E-state index is -4.70. The average molecular weight is 647 g/mol. The molecule has 0 amide bonds. The van der Waals surface area contributed by atoms with Gasteiger partial charge in [0.05, 0.1) is 0 Å². The summed E-state index contributed by atoms with van der Waals surface area (Å²) in [6.07, 6.45) is -2.28. The zero-order valence-corrected chi connectivity index (χ0v) is 18.7. The second-order valence-electron chi connectivity index (χ2n) is 6.70. The van der Waals surface area contributed by atoms with Crippen LogP contribution < -0.4 is 9.80 Å². The number of aromatic nitrogens is 2. The molecule has 0 saturated heterocycles. The Hall–Kier alpha value is -2.75. The van der Waals surface area contributed by atoms with Crippen molar-refractivity contribution in [1.82, 2.24) is 19.8 Å². The molecule has 4 rings (SSSR count). The van der Waals surface area contributed by atoms with Crippen LogP contribution in [0.3, 0.4) is 0 Å². The number of alkyl halides is 6. The Kier molecular flexibility index (Phi) is 7.26. The number of halogens is 6. The summed E-state index contributed by atoms with van der Waals surface area (Å²) in [5.74, 6) is 0. The number of pyridine rings is 2. The fourth-order valence-electron chi connectivity index (χ4n) is 3.15. The van der Waals surface area contributed by atoms with Crippen molar-refractivity contribution < 1.29 is 47.4 Å². The van der Waals surface area contributed by atoms with E-state index in [1.807, 2.05) is 0 Å². The Morgan fingerprint density at radius 3 is 1.42 bits per heavy atom. The number of nitrogens with zero attached hydrogens (tertiary/aromatic N) is 6. The minimum Gasteiger partial charge on any atom is -0.509 e. The maximum absolute atomic E-state index is 13.5. The smallest absolute Gasteiger partial charge is 0.509 e. The topological polar surface area (TPSA) is 38.7 Å². The molecule has 6 nitrogen and oxygen atoms in total. The Morgan fingerprint density at radius 1 is 0.727 bits per heavy atom. The molecule has 0 N–H and O–H groups in total. The average Bonchev–Trinajstić information content (AvgIpc) is 3.38. The van der Waals surface area contributed by atoms with E-state index in [-0.39, 0.29) is 34.2 Å². The van der Waals surface area contributed by atoms with Gasteiger partial charge in [-0.25, -0.2) is 12.1 Å². The Bertz CT molecular complexity index is 914. The number of allylic oxidation sites excluding steroid dienone is 2. The molecule has 2 aromatic heterocycles. The molecule has 13 heteroatoms. The van der Waals surface area contributed by atoms with Crippen molar-refractivity contribution in [3.8, 4) is 0 Å². The van der Waals surface area contributed by atoms with Gasteiger partial charge in [-0.2, -0.15) is 63.2 Å². The van der Waals surface area contributed by atoms with Crippen molar-refractivity contribution in [3.05, 3.63) is 86.2 Å². The first-order chi connectivity index (χ1) is 15.1. The van der Waals surface area contributed by atoms with Crippen LogP contribution in [0.1, 0.15) is 0 Å². The molecule has 33 heavy (non-hydrogen) atoms.